The Morgan fingerprint density at radius 1 is 1.40 bits per heavy atom. The van der Waals surface area contributed by atoms with Gasteiger partial charge in [-0.2, -0.15) is 0 Å². The first-order valence-corrected chi connectivity index (χ1v) is 9.87. The van der Waals surface area contributed by atoms with Crippen LogP contribution in [0.25, 0.3) is 10.6 Å². The van der Waals surface area contributed by atoms with Crippen LogP contribution in [0.1, 0.15) is 23.7 Å². The van der Waals surface area contributed by atoms with Crippen LogP contribution in [0.4, 0.5) is 0 Å². The van der Waals surface area contributed by atoms with Crippen molar-refractivity contribution in [1.29, 1.82) is 0 Å². The zero-order valence-corrected chi connectivity index (χ0v) is 19.1. The summed E-state index contributed by atoms with van der Waals surface area (Å²) in [6.07, 6.45) is 0.934. The number of guanidine groups is 1. The van der Waals surface area contributed by atoms with E-state index in [4.69, 9.17) is 4.74 Å². The van der Waals surface area contributed by atoms with Gasteiger partial charge >= 0.3 is 0 Å². The summed E-state index contributed by atoms with van der Waals surface area (Å²) in [6, 6.07) is 4.56. The van der Waals surface area contributed by atoms with Crippen LogP contribution in [0.3, 0.4) is 0 Å². The van der Waals surface area contributed by atoms with E-state index in [1.807, 2.05) is 6.92 Å². The van der Waals surface area contributed by atoms with Crippen molar-refractivity contribution in [2.24, 2.45) is 4.99 Å². The van der Waals surface area contributed by atoms with E-state index in [9.17, 15) is 0 Å². The van der Waals surface area contributed by atoms with Crippen molar-refractivity contribution in [3.05, 3.63) is 27.4 Å². The van der Waals surface area contributed by atoms with Crippen LogP contribution in [0.2, 0.25) is 0 Å². The number of halogens is 1. The molecule has 0 fully saturated rings. The Hall–Kier alpha value is -0.710. The predicted octanol–water partition coefficient (Wildman–Crippen LogP) is 3.93. The van der Waals surface area contributed by atoms with Gasteiger partial charge in [0.1, 0.15) is 0 Å². The first kappa shape index (κ1) is 22.3. The molecule has 2 aromatic heterocycles. The van der Waals surface area contributed by atoms with E-state index < -0.39 is 0 Å². The maximum absolute atomic E-state index is 5.15. The Labute approximate surface area is 175 Å². The standard InChI is InChI=1S/C17H26N4OS2.HI/c1-5-18-17(20-12(2)10-22-4)19-9-8-14-6-7-16(24-14)15-11-23-13(3)21-15;/h6-7,11-12H,5,8-10H2,1-4H3,(H2,18,19,20);1H. The summed E-state index contributed by atoms with van der Waals surface area (Å²) in [5.41, 5.74) is 1.08. The van der Waals surface area contributed by atoms with Gasteiger partial charge in [-0.1, -0.05) is 0 Å². The van der Waals surface area contributed by atoms with E-state index in [2.05, 4.69) is 52.0 Å². The molecule has 1 atom stereocenters. The van der Waals surface area contributed by atoms with Crippen LogP contribution in [0, 0.1) is 6.92 Å². The molecule has 0 saturated heterocycles. The van der Waals surface area contributed by atoms with E-state index in [0.29, 0.717) is 6.61 Å². The molecule has 25 heavy (non-hydrogen) atoms. The minimum atomic E-state index is 0. The molecular formula is C17H27IN4OS2. The second-order valence-corrected chi connectivity index (χ2v) is 7.76. The molecule has 2 N–H and O–H groups in total. The number of aromatic nitrogens is 1. The first-order chi connectivity index (χ1) is 11.6. The number of hydrogen-bond acceptors (Lipinski definition) is 5. The van der Waals surface area contributed by atoms with Crippen LogP contribution in [0.15, 0.2) is 22.5 Å². The van der Waals surface area contributed by atoms with Crippen LogP contribution in [0.5, 0.6) is 0 Å². The number of aryl methyl sites for hydroxylation is 1. The van der Waals surface area contributed by atoms with E-state index in [1.54, 1.807) is 29.8 Å². The Kier molecular flexibility index (Phi) is 10.6. The SMILES string of the molecule is CCNC(=NCCc1ccc(-c2csc(C)n2)s1)NC(C)COC.I. The molecule has 0 amide bonds. The number of hydrogen-bond donors (Lipinski definition) is 2. The average molecular weight is 494 g/mol. The molecule has 8 heteroatoms. The summed E-state index contributed by atoms with van der Waals surface area (Å²) >= 11 is 3.49. The predicted molar refractivity (Wildman–Crippen MR) is 120 cm³/mol. The Morgan fingerprint density at radius 2 is 2.20 bits per heavy atom. The van der Waals surface area contributed by atoms with Crippen molar-refractivity contribution >= 4 is 52.6 Å². The molecule has 1 unspecified atom stereocenters. The average Bonchev–Trinajstić information content (AvgIpc) is 3.16. The van der Waals surface area contributed by atoms with Gasteiger partial charge in [-0.3, -0.25) is 4.99 Å². The number of rotatable bonds is 8. The number of ether oxygens (including phenoxy) is 1. The molecule has 0 aliphatic carbocycles. The maximum Gasteiger partial charge on any atom is 0.191 e. The monoisotopic (exact) mass is 494 g/mol. The lowest BCUT2D eigenvalue weighted by Crippen LogP contribution is -2.44. The summed E-state index contributed by atoms with van der Waals surface area (Å²) in [5, 5.41) is 9.84. The molecule has 0 aliphatic heterocycles. The number of thiophene rings is 1. The number of nitrogens with zero attached hydrogens (tertiary/aromatic N) is 2. The summed E-state index contributed by atoms with van der Waals surface area (Å²) < 4.78 is 5.15. The molecule has 2 heterocycles. The second kappa shape index (κ2) is 11.8. The first-order valence-electron chi connectivity index (χ1n) is 8.17. The van der Waals surface area contributed by atoms with Gasteiger partial charge in [0.2, 0.25) is 0 Å². The van der Waals surface area contributed by atoms with Crippen LogP contribution >= 0.6 is 46.7 Å². The molecular weight excluding hydrogens is 467 g/mol. The lowest BCUT2D eigenvalue weighted by atomic mass is 10.3. The summed E-state index contributed by atoms with van der Waals surface area (Å²) in [4.78, 5) is 11.8. The third kappa shape index (κ3) is 7.59. The van der Waals surface area contributed by atoms with Crippen molar-refractivity contribution in [3.63, 3.8) is 0 Å². The van der Waals surface area contributed by atoms with Crippen LogP contribution in [-0.2, 0) is 11.2 Å². The third-order valence-electron chi connectivity index (χ3n) is 3.31. The van der Waals surface area contributed by atoms with Crippen LogP contribution < -0.4 is 10.6 Å². The van der Waals surface area contributed by atoms with Crippen molar-refractivity contribution in [2.45, 2.75) is 33.2 Å². The van der Waals surface area contributed by atoms with Gasteiger partial charge in [-0.15, -0.1) is 46.7 Å². The molecule has 2 rings (SSSR count). The minimum Gasteiger partial charge on any atom is -0.383 e. The Morgan fingerprint density at radius 3 is 2.84 bits per heavy atom. The largest absolute Gasteiger partial charge is 0.383 e. The number of thiazole rings is 1. The summed E-state index contributed by atoms with van der Waals surface area (Å²) in [5.74, 6) is 0.842. The van der Waals surface area contributed by atoms with E-state index in [-0.39, 0.29) is 30.0 Å². The highest BCUT2D eigenvalue weighted by Crippen LogP contribution is 2.29. The van der Waals surface area contributed by atoms with E-state index in [0.717, 1.165) is 36.2 Å². The molecule has 0 aliphatic rings. The lowest BCUT2D eigenvalue weighted by molar-refractivity contribution is 0.179. The fraction of sp³-hybridized carbons (Fsp3) is 0.529. The highest BCUT2D eigenvalue weighted by atomic mass is 127. The highest BCUT2D eigenvalue weighted by Gasteiger charge is 2.07. The van der Waals surface area contributed by atoms with Crippen molar-refractivity contribution < 1.29 is 4.74 Å². The van der Waals surface area contributed by atoms with Crippen LogP contribution in [-0.4, -0.2) is 43.8 Å². The van der Waals surface area contributed by atoms with Gasteiger partial charge in [-0.05, 0) is 32.9 Å². The van der Waals surface area contributed by atoms with E-state index in [1.165, 1.54) is 9.75 Å². The molecule has 0 radical (unpaired) electrons. The van der Waals surface area contributed by atoms with Gasteiger partial charge in [-0.25, -0.2) is 4.98 Å². The fourth-order valence-electron chi connectivity index (χ4n) is 2.25. The van der Waals surface area contributed by atoms with Crippen molar-refractivity contribution in [1.82, 2.24) is 15.6 Å². The number of aliphatic imine (C=N–C) groups is 1. The maximum atomic E-state index is 5.15. The molecule has 140 valence electrons. The summed E-state index contributed by atoms with van der Waals surface area (Å²) in [6.45, 7) is 8.45. The number of nitrogens with one attached hydrogen (secondary N) is 2. The lowest BCUT2D eigenvalue weighted by Gasteiger charge is -2.16. The zero-order chi connectivity index (χ0) is 17.4. The zero-order valence-electron chi connectivity index (χ0n) is 15.2. The fourth-order valence-corrected chi connectivity index (χ4v) is 3.89. The quantitative estimate of drug-likeness (QED) is 0.332. The minimum absolute atomic E-state index is 0. The molecule has 2 aromatic rings. The van der Waals surface area contributed by atoms with Gasteiger partial charge in [0.15, 0.2) is 5.96 Å². The molecule has 0 bridgehead atoms. The van der Waals surface area contributed by atoms with Gasteiger partial charge < -0.3 is 15.4 Å². The van der Waals surface area contributed by atoms with Crippen molar-refractivity contribution in [2.75, 3.05) is 26.8 Å². The Balaban J connectivity index is 0.00000312. The highest BCUT2D eigenvalue weighted by molar-refractivity contribution is 14.0. The number of methoxy groups -OCH3 is 1. The molecule has 0 spiro atoms. The molecule has 0 saturated carbocycles. The second-order valence-electron chi connectivity index (χ2n) is 5.53. The van der Waals surface area contributed by atoms with Gasteiger partial charge in [0, 0.05) is 42.9 Å². The molecule has 5 nitrogen and oxygen atoms in total. The van der Waals surface area contributed by atoms with Crippen molar-refractivity contribution in [3.8, 4) is 10.6 Å². The smallest absolute Gasteiger partial charge is 0.191 e. The normalized spacial score (nSPS) is 12.6. The van der Waals surface area contributed by atoms with Gasteiger partial charge in [0.25, 0.3) is 0 Å². The Bertz CT molecular complexity index is 657. The molecule has 0 aromatic carbocycles. The van der Waals surface area contributed by atoms with E-state index >= 15 is 0 Å². The topological polar surface area (TPSA) is 58.5 Å². The summed E-state index contributed by atoms with van der Waals surface area (Å²) in [7, 11) is 1.71. The van der Waals surface area contributed by atoms with Gasteiger partial charge in [0.05, 0.1) is 22.2 Å². The third-order valence-corrected chi connectivity index (χ3v) is 5.25.